The molecule has 3 aromatic rings. The Bertz CT molecular complexity index is 951. The fourth-order valence-corrected chi connectivity index (χ4v) is 2.79. The second kappa shape index (κ2) is 5.76. The standard InChI is InChI=1S/C18H18N2O3/c1-4-11-9-14(18(22)23-3)17(21)19-16(11)13-6-5-12-7-8-20(2)15(12)10-13/h5-10H,4H2,1-3H3,(H,19,21). The van der Waals surface area contributed by atoms with Crippen LogP contribution in [0.4, 0.5) is 0 Å². The summed E-state index contributed by atoms with van der Waals surface area (Å²) in [5, 5.41) is 1.14. The highest BCUT2D eigenvalue weighted by atomic mass is 16.5. The first kappa shape index (κ1) is 15.1. The summed E-state index contributed by atoms with van der Waals surface area (Å²) in [6.07, 6.45) is 2.69. The number of carbonyl (C=O) groups excluding carboxylic acids is 1. The summed E-state index contributed by atoms with van der Waals surface area (Å²) in [5.74, 6) is -0.620. The molecule has 118 valence electrons. The Morgan fingerprint density at radius 3 is 2.74 bits per heavy atom. The molecule has 0 amide bonds. The van der Waals surface area contributed by atoms with Crippen LogP contribution < -0.4 is 5.56 Å². The predicted octanol–water partition coefficient (Wildman–Crippen LogP) is 2.88. The summed E-state index contributed by atoms with van der Waals surface area (Å²) in [4.78, 5) is 26.7. The van der Waals surface area contributed by atoms with E-state index in [0.717, 1.165) is 27.7 Å². The first-order valence-electron chi connectivity index (χ1n) is 7.45. The van der Waals surface area contributed by atoms with Crippen molar-refractivity contribution in [1.82, 2.24) is 9.55 Å². The molecule has 0 atom stereocenters. The van der Waals surface area contributed by atoms with Gasteiger partial charge >= 0.3 is 5.97 Å². The molecule has 0 bridgehead atoms. The third-order valence-corrected chi connectivity index (χ3v) is 4.09. The SMILES string of the molecule is CCc1cc(C(=O)OC)c(=O)[nH]c1-c1ccc2ccn(C)c2c1. The molecule has 0 aliphatic heterocycles. The number of ether oxygens (including phenoxy) is 1. The van der Waals surface area contributed by atoms with Gasteiger partial charge in [0.1, 0.15) is 5.56 Å². The zero-order valence-corrected chi connectivity index (χ0v) is 13.3. The molecule has 0 fully saturated rings. The highest BCUT2D eigenvalue weighted by molar-refractivity contribution is 5.90. The molecule has 2 heterocycles. The van der Waals surface area contributed by atoms with Crippen LogP contribution in [0.1, 0.15) is 22.8 Å². The number of fused-ring (bicyclic) bond motifs is 1. The number of aromatic amines is 1. The van der Waals surface area contributed by atoms with Crippen molar-refractivity contribution in [2.24, 2.45) is 7.05 Å². The third-order valence-electron chi connectivity index (χ3n) is 4.09. The minimum Gasteiger partial charge on any atom is -0.465 e. The average molecular weight is 310 g/mol. The number of pyridine rings is 1. The molecular weight excluding hydrogens is 292 g/mol. The molecule has 5 nitrogen and oxygen atoms in total. The van der Waals surface area contributed by atoms with Crippen molar-refractivity contribution in [2.75, 3.05) is 7.11 Å². The Hall–Kier alpha value is -2.82. The van der Waals surface area contributed by atoms with Crippen LogP contribution in [0.15, 0.2) is 41.3 Å². The highest BCUT2D eigenvalue weighted by Gasteiger charge is 2.15. The highest BCUT2D eigenvalue weighted by Crippen LogP contribution is 2.26. The minimum absolute atomic E-state index is 0.0352. The molecule has 23 heavy (non-hydrogen) atoms. The van der Waals surface area contributed by atoms with E-state index in [2.05, 4.69) is 9.72 Å². The van der Waals surface area contributed by atoms with Gasteiger partial charge in [-0.2, -0.15) is 0 Å². The minimum atomic E-state index is -0.620. The number of esters is 1. The zero-order chi connectivity index (χ0) is 16.6. The number of aromatic nitrogens is 2. The summed E-state index contributed by atoms with van der Waals surface area (Å²) in [5.41, 5.74) is 3.25. The summed E-state index contributed by atoms with van der Waals surface area (Å²) >= 11 is 0. The van der Waals surface area contributed by atoms with Crippen LogP contribution in [0.3, 0.4) is 0 Å². The van der Waals surface area contributed by atoms with Crippen molar-refractivity contribution in [1.29, 1.82) is 0 Å². The van der Waals surface area contributed by atoms with Crippen LogP contribution in [-0.2, 0) is 18.2 Å². The molecule has 2 aromatic heterocycles. The van der Waals surface area contributed by atoms with E-state index in [1.165, 1.54) is 7.11 Å². The number of nitrogens with one attached hydrogen (secondary N) is 1. The van der Waals surface area contributed by atoms with Crippen molar-refractivity contribution >= 4 is 16.9 Å². The van der Waals surface area contributed by atoms with Gasteiger partial charge in [0.2, 0.25) is 0 Å². The summed E-state index contributed by atoms with van der Waals surface area (Å²) in [7, 11) is 3.25. The fourth-order valence-electron chi connectivity index (χ4n) is 2.79. The summed E-state index contributed by atoms with van der Waals surface area (Å²) in [6, 6.07) is 9.71. The lowest BCUT2D eigenvalue weighted by Gasteiger charge is -2.10. The van der Waals surface area contributed by atoms with E-state index in [-0.39, 0.29) is 5.56 Å². The van der Waals surface area contributed by atoms with E-state index in [1.807, 2.05) is 49.0 Å². The first-order chi connectivity index (χ1) is 11.0. The van der Waals surface area contributed by atoms with E-state index in [1.54, 1.807) is 6.07 Å². The van der Waals surface area contributed by atoms with Gasteiger partial charge in [0, 0.05) is 24.3 Å². The fraction of sp³-hybridized carbons (Fsp3) is 0.222. The molecule has 5 heteroatoms. The zero-order valence-electron chi connectivity index (χ0n) is 13.3. The van der Waals surface area contributed by atoms with Crippen molar-refractivity contribution < 1.29 is 9.53 Å². The van der Waals surface area contributed by atoms with Crippen molar-refractivity contribution in [3.05, 3.63) is 58.0 Å². The lowest BCUT2D eigenvalue weighted by Crippen LogP contribution is -2.20. The Morgan fingerprint density at radius 1 is 1.26 bits per heavy atom. The topological polar surface area (TPSA) is 64.1 Å². The molecule has 0 aliphatic carbocycles. The molecule has 1 aromatic carbocycles. The van der Waals surface area contributed by atoms with Gasteiger partial charge in [-0.15, -0.1) is 0 Å². The average Bonchev–Trinajstić information content (AvgIpc) is 2.94. The maximum absolute atomic E-state index is 12.2. The normalized spacial score (nSPS) is 10.9. The number of hydrogen-bond donors (Lipinski definition) is 1. The van der Waals surface area contributed by atoms with E-state index in [9.17, 15) is 9.59 Å². The quantitative estimate of drug-likeness (QED) is 0.757. The number of aryl methyl sites for hydroxylation is 2. The Balaban J connectivity index is 2.21. The van der Waals surface area contributed by atoms with E-state index in [4.69, 9.17) is 0 Å². The van der Waals surface area contributed by atoms with Gasteiger partial charge in [-0.1, -0.05) is 19.1 Å². The molecule has 3 rings (SSSR count). The van der Waals surface area contributed by atoms with Gasteiger partial charge in [-0.05, 0) is 35.6 Å². The van der Waals surface area contributed by atoms with Crippen LogP contribution >= 0.6 is 0 Å². The molecule has 0 radical (unpaired) electrons. The number of rotatable bonds is 3. The molecule has 0 saturated carbocycles. The third kappa shape index (κ3) is 2.54. The number of H-pyrrole nitrogens is 1. The van der Waals surface area contributed by atoms with Crippen molar-refractivity contribution in [3.8, 4) is 11.3 Å². The van der Waals surface area contributed by atoms with Crippen LogP contribution in [-0.4, -0.2) is 22.6 Å². The van der Waals surface area contributed by atoms with E-state index >= 15 is 0 Å². The van der Waals surface area contributed by atoms with Crippen LogP contribution in [0.2, 0.25) is 0 Å². The summed E-state index contributed by atoms with van der Waals surface area (Å²) in [6.45, 7) is 1.99. The summed E-state index contributed by atoms with van der Waals surface area (Å²) < 4.78 is 6.70. The first-order valence-corrected chi connectivity index (χ1v) is 7.45. The van der Waals surface area contributed by atoms with Gasteiger partial charge in [-0.3, -0.25) is 4.79 Å². The molecule has 0 aliphatic rings. The molecular formula is C18H18N2O3. The number of carbonyl (C=O) groups is 1. The van der Waals surface area contributed by atoms with Gasteiger partial charge in [0.25, 0.3) is 5.56 Å². The van der Waals surface area contributed by atoms with Crippen molar-refractivity contribution in [2.45, 2.75) is 13.3 Å². The number of nitrogens with zero attached hydrogens (tertiary/aromatic N) is 1. The van der Waals surface area contributed by atoms with Gasteiger partial charge in [0.05, 0.1) is 12.8 Å². The molecule has 0 unspecified atom stereocenters. The van der Waals surface area contributed by atoms with E-state index in [0.29, 0.717) is 6.42 Å². The van der Waals surface area contributed by atoms with Gasteiger partial charge in [-0.25, -0.2) is 4.79 Å². The number of methoxy groups -OCH3 is 1. The molecule has 0 spiro atoms. The Kier molecular flexibility index (Phi) is 3.78. The van der Waals surface area contributed by atoms with Gasteiger partial charge < -0.3 is 14.3 Å². The van der Waals surface area contributed by atoms with E-state index < -0.39 is 11.5 Å². The monoisotopic (exact) mass is 310 g/mol. The van der Waals surface area contributed by atoms with Crippen LogP contribution in [0.5, 0.6) is 0 Å². The molecule has 0 saturated heterocycles. The Labute approximate surface area is 133 Å². The smallest absolute Gasteiger partial charge is 0.343 e. The second-order valence-corrected chi connectivity index (χ2v) is 5.46. The molecule has 1 N–H and O–H groups in total. The second-order valence-electron chi connectivity index (χ2n) is 5.46. The predicted molar refractivity (Wildman–Crippen MR) is 89.7 cm³/mol. The lowest BCUT2D eigenvalue weighted by atomic mass is 10.0. The number of hydrogen-bond acceptors (Lipinski definition) is 3. The van der Waals surface area contributed by atoms with Crippen LogP contribution in [0.25, 0.3) is 22.2 Å². The Morgan fingerprint density at radius 2 is 2.04 bits per heavy atom. The lowest BCUT2D eigenvalue weighted by molar-refractivity contribution is 0.0598. The largest absolute Gasteiger partial charge is 0.465 e. The van der Waals surface area contributed by atoms with Crippen LogP contribution in [0, 0.1) is 0 Å². The van der Waals surface area contributed by atoms with Crippen molar-refractivity contribution in [3.63, 3.8) is 0 Å². The number of benzene rings is 1. The van der Waals surface area contributed by atoms with Gasteiger partial charge in [0.15, 0.2) is 0 Å². The maximum atomic E-state index is 12.2. The maximum Gasteiger partial charge on any atom is 0.343 e.